The average Bonchev–Trinajstić information content (AvgIpc) is 2.84. The van der Waals surface area contributed by atoms with Crippen molar-refractivity contribution in [1.29, 1.82) is 0 Å². The molecule has 114 valence electrons. The number of nitrogens with one attached hydrogen (secondary N) is 1. The van der Waals surface area contributed by atoms with Crippen LogP contribution in [0, 0.1) is 0 Å². The van der Waals surface area contributed by atoms with E-state index in [0.717, 1.165) is 29.1 Å². The van der Waals surface area contributed by atoms with E-state index in [1.165, 1.54) is 23.5 Å². The van der Waals surface area contributed by atoms with Crippen molar-refractivity contribution in [3.8, 4) is 0 Å². The van der Waals surface area contributed by atoms with Crippen LogP contribution in [0.15, 0.2) is 36.4 Å². The summed E-state index contributed by atoms with van der Waals surface area (Å²) in [5.41, 5.74) is 0.240. The first-order chi connectivity index (χ1) is 9.90. The largest absolute Gasteiger partial charge is 0.416 e. The fraction of sp³-hybridized carbons (Fsp3) is 0.333. The van der Waals surface area contributed by atoms with Gasteiger partial charge in [0, 0.05) is 10.9 Å². The highest BCUT2D eigenvalue weighted by Crippen LogP contribution is 2.31. The first-order valence-corrected chi connectivity index (χ1v) is 7.74. The molecule has 0 saturated carbocycles. The molecular formula is C15H15ClF3NS. The average molecular weight is 334 g/mol. The van der Waals surface area contributed by atoms with Crippen molar-refractivity contribution in [3.63, 3.8) is 0 Å². The summed E-state index contributed by atoms with van der Waals surface area (Å²) in [5.74, 6) is 0. The topological polar surface area (TPSA) is 12.0 Å². The summed E-state index contributed by atoms with van der Waals surface area (Å²) < 4.78 is 38.3. The SMILES string of the molecule is CCNC(Cc1ccc(C(F)(F)F)cc1)c1ccc(Cl)s1. The Balaban J connectivity index is 2.14. The molecule has 0 aliphatic heterocycles. The van der Waals surface area contributed by atoms with Gasteiger partial charge in [-0.2, -0.15) is 13.2 Å². The maximum atomic E-state index is 12.5. The zero-order valence-corrected chi connectivity index (χ0v) is 12.9. The predicted octanol–water partition coefficient (Wildman–Crippen LogP) is 5.31. The van der Waals surface area contributed by atoms with Crippen LogP contribution in [0.4, 0.5) is 13.2 Å². The summed E-state index contributed by atoms with van der Waals surface area (Å²) in [7, 11) is 0. The molecule has 0 bridgehead atoms. The molecule has 0 aliphatic rings. The van der Waals surface area contributed by atoms with E-state index < -0.39 is 11.7 Å². The zero-order chi connectivity index (χ0) is 15.5. The Morgan fingerprint density at radius 1 is 1.14 bits per heavy atom. The molecule has 1 atom stereocenters. The molecule has 1 heterocycles. The van der Waals surface area contributed by atoms with E-state index in [-0.39, 0.29) is 6.04 Å². The number of alkyl halides is 3. The molecular weight excluding hydrogens is 319 g/mol. The van der Waals surface area contributed by atoms with Gasteiger partial charge >= 0.3 is 6.18 Å². The minimum absolute atomic E-state index is 0.0595. The zero-order valence-electron chi connectivity index (χ0n) is 11.4. The summed E-state index contributed by atoms with van der Waals surface area (Å²) in [6.07, 6.45) is -3.66. The number of hydrogen-bond acceptors (Lipinski definition) is 2. The van der Waals surface area contributed by atoms with Crippen LogP contribution in [0.2, 0.25) is 4.34 Å². The smallest absolute Gasteiger partial charge is 0.309 e. The van der Waals surface area contributed by atoms with Gasteiger partial charge in [0.25, 0.3) is 0 Å². The van der Waals surface area contributed by atoms with Crippen molar-refractivity contribution in [3.05, 3.63) is 56.7 Å². The summed E-state index contributed by atoms with van der Waals surface area (Å²) in [6, 6.07) is 9.15. The Morgan fingerprint density at radius 3 is 2.29 bits per heavy atom. The number of hydrogen-bond donors (Lipinski definition) is 1. The number of rotatable bonds is 5. The van der Waals surface area contributed by atoms with Crippen molar-refractivity contribution < 1.29 is 13.2 Å². The van der Waals surface area contributed by atoms with Gasteiger partial charge in [0.05, 0.1) is 9.90 Å². The molecule has 0 radical (unpaired) electrons. The lowest BCUT2D eigenvalue weighted by atomic mass is 10.0. The van der Waals surface area contributed by atoms with Gasteiger partial charge in [0.1, 0.15) is 0 Å². The molecule has 0 saturated heterocycles. The fourth-order valence-corrected chi connectivity index (χ4v) is 3.24. The lowest BCUT2D eigenvalue weighted by molar-refractivity contribution is -0.137. The van der Waals surface area contributed by atoms with Gasteiger partial charge < -0.3 is 5.32 Å². The Kier molecular flexibility index (Phi) is 5.30. The highest BCUT2D eigenvalue weighted by molar-refractivity contribution is 7.16. The van der Waals surface area contributed by atoms with Gasteiger partial charge in [-0.05, 0) is 42.8 Å². The van der Waals surface area contributed by atoms with E-state index in [1.807, 2.05) is 19.1 Å². The molecule has 1 N–H and O–H groups in total. The Labute approximate surface area is 130 Å². The van der Waals surface area contributed by atoms with Crippen LogP contribution >= 0.6 is 22.9 Å². The van der Waals surface area contributed by atoms with Gasteiger partial charge in [-0.25, -0.2) is 0 Å². The minimum atomic E-state index is -4.29. The van der Waals surface area contributed by atoms with Crippen LogP contribution < -0.4 is 5.32 Å². The highest BCUT2D eigenvalue weighted by atomic mass is 35.5. The van der Waals surface area contributed by atoms with Crippen LogP contribution in [0.25, 0.3) is 0 Å². The van der Waals surface area contributed by atoms with Crippen LogP contribution in [0.1, 0.15) is 29.0 Å². The molecule has 0 amide bonds. The third kappa shape index (κ3) is 4.46. The molecule has 2 rings (SSSR count). The van der Waals surface area contributed by atoms with Gasteiger partial charge in [-0.15, -0.1) is 11.3 Å². The third-order valence-corrected chi connectivity index (χ3v) is 4.45. The first kappa shape index (κ1) is 16.3. The van der Waals surface area contributed by atoms with Crippen LogP contribution in [0.3, 0.4) is 0 Å². The summed E-state index contributed by atoms with van der Waals surface area (Å²) in [5, 5.41) is 3.34. The molecule has 0 aliphatic carbocycles. The molecule has 1 aromatic carbocycles. The molecule has 2 aromatic rings. The second-order valence-corrected chi connectivity index (χ2v) is 6.40. The van der Waals surface area contributed by atoms with E-state index >= 15 is 0 Å². The molecule has 21 heavy (non-hydrogen) atoms. The Morgan fingerprint density at radius 2 is 1.81 bits per heavy atom. The molecule has 0 fully saturated rings. The highest BCUT2D eigenvalue weighted by Gasteiger charge is 2.30. The van der Waals surface area contributed by atoms with Gasteiger partial charge in [-0.1, -0.05) is 30.7 Å². The minimum Gasteiger partial charge on any atom is -0.309 e. The van der Waals surface area contributed by atoms with Crippen molar-refractivity contribution >= 4 is 22.9 Å². The second-order valence-electron chi connectivity index (χ2n) is 4.65. The lowest BCUT2D eigenvalue weighted by Crippen LogP contribution is -2.22. The number of thiophene rings is 1. The number of halogens is 4. The third-order valence-electron chi connectivity index (χ3n) is 3.11. The maximum absolute atomic E-state index is 12.5. The van der Waals surface area contributed by atoms with Crippen LogP contribution in [0.5, 0.6) is 0 Å². The van der Waals surface area contributed by atoms with Crippen molar-refractivity contribution in [1.82, 2.24) is 5.32 Å². The van der Waals surface area contributed by atoms with Crippen molar-refractivity contribution in [2.45, 2.75) is 25.6 Å². The second kappa shape index (κ2) is 6.81. The van der Waals surface area contributed by atoms with Gasteiger partial charge in [0.15, 0.2) is 0 Å². The normalized spacial score (nSPS) is 13.4. The predicted molar refractivity (Wildman–Crippen MR) is 80.9 cm³/mol. The van der Waals surface area contributed by atoms with Crippen LogP contribution in [-0.2, 0) is 12.6 Å². The quantitative estimate of drug-likeness (QED) is 0.781. The monoisotopic (exact) mass is 333 g/mol. The molecule has 1 aromatic heterocycles. The number of likely N-dealkylation sites (N-methyl/N-ethyl adjacent to an activating group) is 1. The maximum Gasteiger partial charge on any atom is 0.416 e. The van der Waals surface area contributed by atoms with E-state index in [0.29, 0.717) is 10.8 Å². The summed E-state index contributed by atoms with van der Waals surface area (Å²) in [6.45, 7) is 2.77. The lowest BCUT2D eigenvalue weighted by Gasteiger charge is -2.17. The Bertz CT molecular complexity index is 577. The van der Waals surface area contributed by atoms with Crippen molar-refractivity contribution in [2.75, 3.05) is 6.54 Å². The first-order valence-electron chi connectivity index (χ1n) is 6.55. The van der Waals surface area contributed by atoms with Crippen LogP contribution in [-0.4, -0.2) is 6.54 Å². The molecule has 6 heteroatoms. The van der Waals surface area contributed by atoms with Gasteiger partial charge in [-0.3, -0.25) is 0 Å². The van der Waals surface area contributed by atoms with E-state index in [9.17, 15) is 13.2 Å². The van der Waals surface area contributed by atoms with E-state index in [2.05, 4.69) is 5.32 Å². The summed E-state index contributed by atoms with van der Waals surface area (Å²) >= 11 is 7.43. The van der Waals surface area contributed by atoms with Crippen molar-refractivity contribution in [2.24, 2.45) is 0 Å². The fourth-order valence-electron chi connectivity index (χ4n) is 2.10. The van der Waals surface area contributed by atoms with E-state index in [4.69, 9.17) is 11.6 Å². The molecule has 1 unspecified atom stereocenters. The molecule has 0 spiro atoms. The standard InChI is InChI=1S/C15H15ClF3NS/c1-2-20-12(13-7-8-14(16)21-13)9-10-3-5-11(6-4-10)15(17,18)19/h3-8,12,20H,2,9H2,1H3. The van der Waals surface area contributed by atoms with E-state index in [1.54, 1.807) is 0 Å². The Hall–Kier alpha value is -1.04. The van der Waals surface area contributed by atoms with Gasteiger partial charge in [0.2, 0.25) is 0 Å². The molecule has 1 nitrogen and oxygen atoms in total. The number of benzene rings is 1. The summed E-state index contributed by atoms with van der Waals surface area (Å²) in [4.78, 5) is 1.08.